The molecule has 1 aromatic heterocycles. The molecular weight excluding hydrogens is 305 g/mol. The first-order valence-corrected chi connectivity index (χ1v) is 7.27. The molecule has 0 radical (unpaired) electrons. The van der Waals surface area contributed by atoms with Gasteiger partial charge in [-0.05, 0) is 41.4 Å². The van der Waals surface area contributed by atoms with E-state index in [1.165, 1.54) is 0 Å². The first-order chi connectivity index (χ1) is 10.1. The van der Waals surface area contributed by atoms with Crippen LogP contribution >= 0.6 is 23.2 Å². The van der Waals surface area contributed by atoms with E-state index < -0.39 is 0 Å². The van der Waals surface area contributed by atoms with Gasteiger partial charge >= 0.3 is 0 Å². The fourth-order valence-electron chi connectivity index (χ4n) is 2.31. The summed E-state index contributed by atoms with van der Waals surface area (Å²) >= 11 is 12.1. The highest BCUT2D eigenvalue weighted by atomic mass is 35.5. The van der Waals surface area contributed by atoms with Gasteiger partial charge in [0, 0.05) is 24.0 Å². The van der Waals surface area contributed by atoms with Crippen molar-refractivity contribution < 1.29 is 0 Å². The summed E-state index contributed by atoms with van der Waals surface area (Å²) in [5.74, 6) is 0.811. The van der Waals surface area contributed by atoms with Crippen LogP contribution in [0, 0.1) is 0 Å². The van der Waals surface area contributed by atoms with Gasteiger partial charge in [0.25, 0.3) is 0 Å². The molecule has 3 nitrogen and oxygen atoms in total. The molecule has 2 aromatic carbocycles. The Balaban J connectivity index is 1.99. The predicted octanol–water partition coefficient (Wildman–Crippen LogP) is 4.57. The number of halogens is 2. The summed E-state index contributed by atoms with van der Waals surface area (Å²) in [7, 11) is 1.98. The lowest BCUT2D eigenvalue weighted by atomic mass is 10.2. The Morgan fingerprint density at radius 3 is 2.62 bits per heavy atom. The molecule has 106 valence electrons. The number of benzene rings is 2. The molecule has 0 atom stereocenters. The smallest absolute Gasteiger partial charge is 0.224 e. The number of fused-ring (bicyclic) bond motifs is 1. The molecule has 0 aliphatic carbocycles. The first kappa shape index (κ1) is 14.1. The van der Waals surface area contributed by atoms with E-state index in [9.17, 15) is 0 Å². The van der Waals surface area contributed by atoms with Gasteiger partial charge in [0.15, 0.2) is 0 Å². The molecule has 0 aliphatic rings. The average molecular weight is 318 g/mol. The zero-order valence-electron chi connectivity index (χ0n) is 11.4. The molecule has 0 saturated carbocycles. The van der Waals surface area contributed by atoms with Crippen LogP contribution in [0.5, 0.6) is 0 Å². The van der Waals surface area contributed by atoms with Gasteiger partial charge in [-0.1, -0.05) is 35.9 Å². The maximum atomic E-state index is 6.03. The van der Waals surface area contributed by atoms with Gasteiger partial charge in [-0.25, -0.2) is 4.98 Å². The van der Waals surface area contributed by atoms with E-state index >= 15 is 0 Å². The largest absolute Gasteiger partial charge is 0.355 e. The van der Waals surface area contributed by atoms with Gasteiger partial charge in [0.05, 0.1) is 5.52 Å². The summed E-state index contributed by atoms with van der Waals surface area (Å²) < 4.78 is 0. The average Bonchev–Trinajstić information content (AvgIpc) is 2.46. The fourth-order valence-corrected chi connectivity index (χ4v) is 2.69. The number of para-hydroxylation sites is 1. The first-order valence-electron chi connectivity index (χ1n) is 6.51. The molecule has 0 unspecified atom stereocenters. The number of nitrogens with zero attached hydrogens (tertiary/aromatic N) is 3. The predicted molar refractivity (Wildman–Crippen MR) is 88.1 cm³/mol. The van der Waals surface area contributed by atoms with Crippen molar-refractivity contribution in [1.29, 1.82) is 0 Å². The lowest BCUT2D eigenvalue weighted by molar-refractivity contribution is 0.900. The summed E-state index contributed by atoms with van der Waals surface area (Å²) in [6.07, 6.45) is 0. The van der Waals surface area contributed by atoms with Crippen LogP contribution in [0.1, 0.15) is 5.56 Å². The molecule has 0 amide bonds. The summed E-state index contributed by atoms with van der Waals surface area (Å²) in [5.41, 5.74) is 1.95. The van der Waals surface area contributed by atoms with Gasteiger partial charge < -0.3 is 4.90 Å². The monoisotopic (exact) mass is 317 g/mol. The quantitative estimate of drug-likeness (QED) is 0.662. The van der Waals surface area contributed by atoms with Gasteiger partial charge in [-0.2, -0.15) is 4.98 Å². The number of aromatic nitrogens is 2. The van der Waals surface area contributed by atoms with Gasteiger partial charge in [0.2, 0.25) is 5.28 Å². The number of hydrogen-bond acceptors (Lipinski definition) is 3. The molecule has 5 heteroatoms. The lowest BCUT2D eigenvalue weighted by Gasteiger charge is -2.20. The van der Waals surface area contributed by atoms with Crippen LogP contribution in [0.4, 0.5) is 5.82 Å². The second-order valence-corrected chi connectivity index (χ2v) is 5.59. The van der Waals surface area contributed by atoms with E-state index in [4.69, 9.17) is 23.2 Å². The van der Waals surface area contributed by atoms with Crippen LogP contribution in [0.3, 0.4) is 0 Å². The van der Waals surface area contributed by atoms with Crippen molar-refractivity contribution in [3.8, 4) is 0 Å². The minimum absolute atomic E-state index is 0.252. The lowest BCUT2D eigenvalue weighted by Crippen LogP contribution is -2.18. The molecular formula is C16H13Cl2N3. The SMILES string of the molecule is CN(Cc1cccc(Cl)c1)c1nc(Cl)nc2ccccc12. The van der Waals surface area contributed by atoms with Crippen LogP contribution in [0.15, 0.2) is 48.5 Å². The Labute approximate surface area is 133 Å². The normalized spacial score (nSPS) is 10.8. The Morgan fingerprint density at radius 1 is 1.00 bits per heavy atom. The summed E-state index contributed by atoms with van der Waals surface area (Å²) in [6, 6.07) is 15.6. The molecule has 3 rings (SSSR count). The van der Waals surface area contributed by atoms with Crippen molar-refractivity contribution in [1.82, 2.24) is 9.97 Å². The van der Waals surface area contributed by atoms with Crippen LogP contribution in [-0.2, 0) is 6.54 Å². The highest BCUT2D eigenvalue weighted by molar-refractivity contribution is 6.30. The Bertz CT molecular complexity index is 789. The second kappa shape index (κ2) is 5.88. The Morgan fingerprint density at radius 2 is 1.81 bits per heavy atom. The van der Waals surface area contributed by atoms with Crippen LogP contribution in [-0.4, -0.2) is 17.0 Å². The van der Waals surface area contributed by atoms with Crippen molar-refractivity contribution in [2.45, 2.75) is 6.54 Å². The molecule has 0 fully saturated rings. The van der Waals surface area contributed by atoms with Crippen molar-refractivity contribution >= 4 is 39.9 Å². The maximum Gasteiger partial charge on any atom is 0.224 e. The van der Waals surface area contributed by atoms with E-state index in [-0.39, 0.29) is 5.28 Å². The molecule has 0 spiro atoms. The molecule has 3 aromatic rings. The zero-order valence-corrected chi connectivity index (χ0v) is 12.9. The number of rotatable bonds is 3. The van der Waals surface area contributed by atoms with E-state index in [1.807, 2.05) is 60.5 Å². The molecule has 1 heterocycles. The summed E-state index contributed by atoms with van der Waals surface area (Å²) in [6.45, 7) is 0.692. The van der Waals surface area contributed by atoms with E-state index in [0.717, 1.165) is 27.3 Å². The van der Waals surface area contributed by atoms with Crippen molar-refractivity contribution in [3.63, 3.8) is 0 Å². The topological polar surface area (TPSA) is 29.0 Å². The van der Waals surface area contributed by atoms with E-state index in [0.29, 0.717) is 6.54 Å². The Kier molecular flexibility index (Phi) is 3.95. The highest BCUT2D eigenvalue weighted by Crippen LogP contribution is 2.25. The second-order valence-electron chi connectivity index (χ2n) is 4.82. The van der Waals surface area contributed by atoms with Gasteiger partial charge in [-0.15, -0.1) is 0 Å². The van der Waals surface area contributed by atoms with Crippen molar-refractivity contribution in [2.75, 3.05) is 11.9 Å². The van der Waals surface area contributed by atoms with Crippen molar-refractivity contribution in [3.05, 3.63) is 64.4 Å². The molecule has 0 bridgehead atoms. The fraction of sp³-hybridized carbons (Fsp3) is 0.125. The van der Waals surface area contributed by atoms with Gasteiger partial charge in [0.1, 0.15) is 5.82 Å². The highest BCUT2D eigenvalue weighted by Gasteiger charge is 2.11. The van der Waals surface area contributed by atoms with E-state index in [1.54, 1.807) is 0 Å². The third-order valence-electron chi connectivity index (χ3n) is 3.23. The molecule has 0 saturated heterocycles. The molecule has 21 heavy (non-hydrogen) atoms. The maximum absolute atomic E-state index is 6.03. The minimum atomic E-state index is 0.252. The number of hydrogen-bond donors (Lipinski definition) is 0. The summed E-state index contributed by atoms with van der Waals surface area (Å²) in [5, 5.41) is 1.96. The summed E-state index contributed by atoms with van der Waals surface area (Å²) in [4.78, 5) is 10.7. The minimum Gasteiger partial charge on any atom is -0.355 e. The van der Waals surface area contributed by atoms with E-state index in [2.05, 4.69) is 9.97 Å². The molecule has 0 N–H and O–H groups in total. The third-order valence-corrected chi connectivity index (χ3v) is 3.63. The van der Waals surface area contributed by atoms with Crippen LogP contribution < -0.4 is 4.90 Å². The van der Waals surface area contributed by atoms with Gasteiger partial charge in [-0.3, -0.25) is 0 Å². The van der Waals surface area contributed by atoms with Crippen molar-refractivity contribution in [2.24, 2.45) is 0 Å². The van der Waals surface area contributed by atoms with Crippen LogP contribution in [0.2, 0.25) is 10.3 Å². The Hall–Kier alpha value is -1.84. The third kappa shape index (κ3) is 3.09. The van der Waals surface area contributed by atoms with Crippen LogP contribution in [0.25, 0.3) is 10.9 Å². The zero-order chi connectivity index (χ0) is 14.8. The standard InChI is InChI=1S/C16H13Cl2N3/c1-21(10-11-5-4-6-12(17)9-11)15-13-7-2-3-8-14(13)19-16(18)20-15/h2-9H,10H2,1H3. The number of anilines is 1. The molecule has 0 aliphatic heterocycles.